The van der Waals surface area contributed by atoms with E-state index in [2.05, 4.69) is 4.90 Å². The van der Waals surface area contributed by atoms with E-state index in [-0.39, 0.29) is 5.91 Å². The zero-order valence-electron chi connectivity index (χ0n) is 24.1. The first-order valence-electron chi connectivity index (χ1n) is 15.2. The Hall–Kier alpha value is -3.46. The summed E-state index contributed by atoms with van der Waals surface area (Å²) < 4.78 is 33.7. The van der Waals surface area contributed by atoms with Crippen LogP contribution >= 0.6 is 0 Å². The van der Waals surface area contributed by atoms with Gasteiger partial charge in [-0.25, -0.2) is 8.42 Å². The summed E-state index contributed by atoms with van der Waals surface area (Å²) in [5, 5.41) is 1.26. The largest absolute Gasteiger partial charge is 0.343 e. The molecule has 7 nitrogen and oxygen atoms in total. The van der Waals surface area contributed by atoms with Crippen LogP contribution in [-0.2, 0) is 21.4 Å². The van der Waals surface area contributed by atoms with Crippen molar-refractivity contribution in [1.82, 2.24) is 18.7 Å². The smallest absolute Gasteiger partial charge is 0.259 e. The number of nitrogens with zero attached hydrogens (tertiary/aromatic N) is 4. The normalized spacial score (nSPS) is 16.4. The number of rotatable bonds is 12. The summed E-state index contributed by atoms with van der Waals surface area (Å²) in [7, 11) is -3.97. The van der Waals surface area contributed by atoms with E-state index in [1.807, 2.05) is 100 Å². The predicted octanol–water partition coefficient (Wildman–Crippen LogP) is 5.53. The van der Waals surface area contributed by atoms with Crippen molar-refractivity contribution in [3.8, 4) is 0 Å². The van der Waals surface area contributed by atoms with Gasteiger partial charge in [-0.05, 0) is 62.0 Å². The molecule has 0 unspecified atom stereocenters. The van der Waals surface area contributed by atoms with Crippen LogP contribution in [-0.4, -0.2) is 72.3 Å². The second-order valence-corrected chi connectivity index (χ2v) is 13.3. The molecule has 6 rings (SSSR count). The summed E-state index contributed by atoms with van der Waals surface area (Å²) in [6.07, 6.45) is 4.40. The summed E-state index contributed by atoms with van der Waals surface area (Å²) in [5.41, 5.74) is 2.78. The average Bonchev–Trinajstić information content (AvgIpc) is 3.77. The number of carbonyl (C=O) groups excluding carboxylic acids is 1. The molecule has 2 aliphatic rings. The summed E-state index contributed by atoms with van der Waals surface area (Å²) in [6, 6.07) is 29.1. The van der Waals surface area contributed by atoms with E-state index in [4.69, 9.17) is 0 Å². The molecular weight excluding hydrogens is 544 g/mol. The second-order valence-electron chi connectivity index (χ2n) is 11.4. The number of fused-ring (bicyclic) bond motifs is 1. The highest BCUT2D eigenvalue weighted by Gasteiger charge is 2.36. The van der Waals surface area contributed by atoms with Gasteiger partial charge in [0.05, 0.1) is 6.04 Å². The fraction of sp³-hybridized carbons (Fsp3) is 0.382. The van der Waals surface area contributed by atoms with E-state index < -0.39 is 16.1 Å². The maximum absolute atomic E-state index is 15.0. The number of amides is 1. The van der Waals surface area contributed by atoms with Crippen molar-refractivity contribution in [3.05, 3.63) is 102 Å². The van der Waals surface area contributed by atoms with Crippen LogP contribution in [0.25, 0.3) is 10.9 Å². The molecule has 0 saturated carbocycles. The topological polar surface area (TPSA) is 65.9 Å². The third-order valence-corrected chi connectivity index (χ3v) is 10.6. The van der Waals surface area contributed by atoms with Crippen LogP contribution in [0.2, 0.25) is 0 Å². The van der Waals surface area contributed by atoms with Gasteiger partial charge >= 0.3 is 0 Å². The molecule has 220 valence electrons. The number of likely N-dealkylation sites (tertiary alicyclic amines) is 2. The molecule has 2 saturated heterocycles. The van der Waals surface area contributed by atoms with Crippen molar-refractivity contribution in [2.24, 2.45) is 0 Å². The molecule has 42 heavy (non-hydrogen) atoms. The van der Waals surface area contributed by atoms with Crippen molar-refractivity contribution < 1.29 is 13.2 Å². The lowest BCUT2D eigenvalue weighted by atomic mass is 9.98. The number of hydrogen-bond donors (Lipinski definition) is 0. The van der Waals surface area contributed by atoms with Crippen molar-refractivity contribution in [2.45, 2.75) is 49.7 Å². The molecule has 0 radical (unpaired) electrons. The van der Waals surface area contributed by atoms with Gasteiger partial charge in [0.15, 0.2) is 5.03 Å². The zero-order valence-corrected chi connectivity index (χ0v) is 25.0. The quantitative estimate of drug-likeness (QED) is 0.220. The fourth-order valence-electron chi connectivity index (χ4n) is 6.54. The van der Waals surface area contributed by atoms with Gasteiger partial charge in [0.2, 0.25) is 5.91 Å². The average molecular weight is 585 g/mol. The van der Waals surface area contributed by atoms with Crippen molar-refractivity contribution in [3.63, 3.8) is 0 Å². The first-order chi connectivity index (χ1) is 20.5. The Labute approximate surface area is 249 Å². The van der Waals surface area contributed by atoms with Gasteiger partial charge < -0.3 is 14.4 Å². The molecule has 0 atom stereocenters. The number of para-hydroxylation sites is 1. The molecule has 4 aromatic rings. The fourth-order valence-corrected chi connectivity index (χ4v) is 8.41. The van der Waals surface area contributed by atoms with Crippen molar-refractivity contribution in [2.75, 3.05) is 39.3 Å². The number of sulfonamides is 1. The highest BCUT2D eigenvalue weighted by atomic mass is 32.2. The zero-order chi connectivity index (χ0) is 28.9. The van der Waals surface area contributed by atoms with Crippen molar-refractivity contribution in [1.29, 1.82) is 0 Å². The molecule has 0 N–H and O–H groups in total. The highest BCUT2D eigenvalue weighted by molar-refractivity contribution is 7.89. The maximum Gasteiger partial charge on any atom is 0.259 e. The number of aromatic nitrogens is 1. The maximum atomic E-state index is 15.0. The Morgan fingerprint density at radius 1 is 0.738 bits per heavy atom. The third-order valence-electron chi connectivity index (χ3n) is 8.68. The van der Waals surface area contributed by atoms with E-state index in [0.29, 0.717) is 37.5 Å². The van der Waals surface area contributed by atoms with Crippen LogP contribution < -0.4 is 0 Å². The molecule has 0 spiro atoms. The van der Waals surface area contributed by atoms with Gasteiger partial charge in [-0.3, -0.25) is 4.79 Å². The number of hydrogen-bond acceptors (Lipinski definition) is 4. The molecule has 0 bridgehead atoms. The van der Waals surface area contributed by atoms with Crippen LogP contribution in [0.15, 0.2) is 96.0 Å². The lowest BCUT2D eigenvalue weighted by Gasteiger charge is -2.32. The Bertz CT molecular complexity index is 1560. The molecule has 3 aromatic carbocycles. The van der Waals surface area contributed by atoms with E-state index in [9.17, 15) is 4.79 Å². The minimum atomic E-state index is -3.97. The Morgan fingerprint density at radius 3 is 2.02 bits per heavy atom. The highest BCUT2D eigenvalue weighted by Crippen LogP contribution is 2.35. The minimum absolute atomic E-state index is 0.161. The first-order valence-corrected chi connectivity index (χ1v) is 16.7. The van der Waals surface area contributed by atoms with E-state index >= 15 is 8.42 Å². The lowest BCUT2D eigenvalue weighted by molar-refractivity contribution is -0.127. The summed E-state index contributed by atoms with van der Waals surface area (Å²) >= 11 is 0. The predicted molar refractivity (Wildman–Crippen MR) is 167 cm³/mol. The van der Waals surface area contributed by atoms with Crippen LogP contribution in [0.5, 0.6) is 0 Å². The molecule has 2 aliphatic heterocycles. The molecule has 0 aliphatic carbocycles. The number of benzene rings is 3. The standard InChI is InChI=1S/C34H40N4O3S/c39-32-19-11-22-36(32)23-12-24-38(34(28-13-3-1-4-14-28)29-15-5-2-6-16-29)42(40,41)33-27-30-17-7-8-18-31(30)37(33)26-25-35-20-9-10-21-35/h1-8,13-18,27,34H,9-12,19-26H2. The number of carbonyl (C=O) groups is 1. The second kappa shape index (κ2) is 12.8. The van der Waals surface area contributed by atoms with Crippen molar-refractivity contribution >= 4 is 26.8 Å². The minimum Gasteiger partial charge on any atom is -0.343 e. The summed E-state index contributed by atoms with van der Waals surface area (Å²) in [4.78, 5) is 16.7. The van der Waals surface area contributed by atoms with Crippen LogP contribution in [0.4, 0.5) is 0 Å². The summed E-state index contributed by atoms with van der Waals surface area (Å²) in [6.45, 7) is 5.16. The van der Waals surface area contributed by atoms with Gasteiger partial charge in [0.25, 0.3) is 10.0 Å². The van der Waals surface area contributed by atoms with Crippen LogP contribution in [0.3, 0.4) is 0 Å². The summed E-state index contributed by atoms with van der Waals surface area (Å²) in [5.74, 6) is 0.161. The van der Waals surface area contributed by atoms with Gasteiger partial charge in [-0.1, -0.05) is 78.9 Å². The molecule has 3 heterocycles. The first kappa shape index (κ1) is 28.6. The van der Waals surface area contributed by atoms with E-state index in [0.717, 1.165) is 54.6 Å². The molecule has 8 heteroatoms. The molecular formula is C34H40N4O3S. The molecule has 1 aromatic heterocycles. The Kier molecular flexibility index (Phi) is 8.74. The monoisotopic (exact) mass is 584 g/mol. The lowest BCUT2D eigenvalue weighted by Crippen LogP contribution is -2.39. The van der Waals surface area contributed by atoms with Gasteiger partial charge in [-0.2, -0.15) is 4.31 Å². The van der Waals surface area contributed by atoms with Gasteiger partial charge in [0, 0.05) is 50.0 Å². The SMILES string of the molecule is O=C1CCCN1CCCN(C(c1ccccc1)c1ccccc1)S(=O)(=O)c1cc2ccccc2n1CCN1CCCC1. The molecule has 2 fully saturated rings. The van der Waals surface area contributed by atoms with E-state index in [1.54, 1.807) is 4.31 Å². The van der Waals surface area contributed by atoms with Crippen LogP contribution in [0, 0.1) is 0 Å². The van der Waals surface area contributed by atoms with E-state index in [1.165, 1.54) is 12.8 Å². The van der Waals surface area contributed by atoms with Gasteiger partial charge in [0.1, 0.15) is 0 Å². The van der Waals surface area contributed by atoms with Gasteiger partial charge in [-0.15, -0.1) is 0 Å². The van der Waals surface area contributed by atoms with Crippen LogP contribution in [0.1, 0.15) is 49.3 Å². The Morgan fingerprint density at radius 2 is 1.38 bits per heavy atom. The Balaban J connectivity index is 1.43. The third kappa shape index (κ3) is 6.02. The molecule has 1 amide bonds.